The van der Waals surface area contributed by atoms with Crippen LogP contribution in [0.2, 0.25) is 19.6 Å². The average Bonchev–Trinajstić information content (AvgIpc) is 1.63. The Morgan fingerprint density at radius 1 is 1.33 bits per heavy atom. The molecule has 0 amide bonds. The quantitative estimate of drug-likeness (QED) is 0.365. The van der Waals surface area contributed by atoms with Crippen LogP contribution in [0.15, 0.2) is 0 Å². The van der Waals surface area contributed by atoms with Crippen molar-refractivity contribution >= 4 is 8.07 Å². The molecular formula is C6H17NOSi. The molecule has 0 aromatic carbocycles. The Hall–Kier alpha value is 0.137. The van der Waals surface area contributed by atoms with E-state index in [1.54, 1.807) is 7.11 Å². The second kappa shape index (κ2) is 4.03. The number of hydrogen-bond acceptors (Lipinski definition) is 2. The van der Waals surface area contributed by atoms with E-state index in [4.69, 9.17) is 4.74 Å². The maximum absolute atomic E-state index is 4.85. The summed E-state index contributed by atoms with van der Waals surface area (Å²) in [5.74, 6) is 0. The van der Waals surface area contributed by atoms with Gasteiger partial charge in [-0.3, -0.25) is 5.32 Å². The van der Waals surface area contributed by atoms with Crippen molar-refractivity contribution in [1.82, 2.24) is 5.32 Å². The first-order valence-electron chi connectivity index (χ1n) is 3.26. The number of hydrogen-bond donors (Lipinski definition) is 1. The highest BCUT2D eigenvalue weighted by molar-refractivity contribution is 6.76. The Labute approximate surface area is 58.6 Å². The molecule has 0 saturated heterocycles. The fourth-order valence-electron chi connectivity index (χ4n) is 0.528. The van der Waals surface area contributed by atoms with E-state index in [0.29, 0.717) is 6.73 Å². The summed E-state index contributed by atoms with van der Waals surface area (Å²) in [7, 11) is 0.820. The van der Waals surface area contributed by atoms with Gasteiger partial charge in [0.15, 0.2) is 0 Å². The zero-order chi connectivity index (χ0) is 7.33. The van der Waals surface area contributed by atoms with Crippen LogP contribution in [0.25, 0.3) is 0 Å². The Bertz CT molecular complexity index is 69.9. The van der Waals surface area contributed by atoms with Gasteiger partial charge in [0.2, 0.25) is 0 Å². The molecule has 0 unspecified atom stereocenters. The van der Waals surface area contributed by atoms with Crippen molar-refractivity contribution in [2.45, 2.75) is 19.6 Å². The van der Waals surface area contributed by atoms with E-state index in [1.165, 1.54) is 0 Å². The molecule has 0 aliphatic rings. The summed E-state index contributed by atoms with van der Waals surface area (Å²) in [5.41, 5.74) is 0. The largest absolute Gasteiger partial charge is 0.370 e. The summed E-state index contributed by atoms with van der Waals surface area (Å²) >= 11 is 0. The predicted octanol–water partition coefficient (Wildman–Crippen LogP) is 1.06. The summed E-state index contributed by atoms with van der Waals surface area (Å²) in [6.45, 7) is 7.67. The molecular weight excluding hydrogens is 130 g/mol. The molecule has 2 nitrogen and oxygen atoms in total. The molecule has 0 fully saturated rings. The Morgan fingerprint density at radius 2 is 1.89 bits per heavy atom. The number of ether oxygens (including phenoxy) is 1. The fourth-order valence-corrected chi connectivity index (χ4v) is 1.38. The van der Waals surface area contributed by atoms with E-state index in [9.17, 15) is 0 Å². The van der Waals surface area contributed by atoms with Crippen LogP contribution in [0.1, 0.15) is 0 Å². The lowest BCUT2D eigenvalue weighted by Gasteiger charge is -2.15. The molecule has 3 heteroatoms. The van der Waals surface area contributed by atoms with Crippen molar-refractivity contribution < 1.29 is 4.74 Å². The smallest absolute Gasteiger partial charge is 0.0958 e. The number of rotatable bonds is 4. The average molecular weight is 147 g/mol. The van der Waals surface area contributed by atoms with Crippen molar-refractivity contribution in [2.24, 2.45) is 0 Å². The highest BCUT2D eigenvalue weighted by Gasteiger charge is 2.10. The van der Waals surface area contributed by atoms with Crippen LogP contribution < -0.4 is 5.32 Å². The van der Waals surface area contributed by atoms with E-state index >= 15 is 0 Å². The minimum Gasteiger partial charge on any atom is -0.370 e. The third-order valence-electron chi connectivity index (χ3n) is 0.902. The first kappa shape index (κ1) is 9.14. The molecule has 0 rings (SSSR count). The minimum absolute atomic E-state index is 0.685. The van der Waals surface area contributed by atoms with Crippen LogP contribution >= 0.6 is 0 Å². The third kappa shape index (κ3) is 8.14. The van der Waals surface area contributed by atoms with Gasteiger partial charge < -0.3 is 4.74 Å². The van der Waals surface area contributed by atoms with Crippen LogP contribution in [0, 0.1) is 0 Å². The number of nitrogens with one attached hydrogen (secondary N) is 1. The molecule has 0 aliphatic carbocycles. The SMILES string of the molecule is COCNC[Si](C)(C)C. The minimum atomic E-state index is -0.886. The van der Waals surface area contributed by atoms with Crippen molar-refractivity contribution in [3.63, 3.8) is 0 Å². The predicted molar refractivity (Wildman–Crippen MR) is 43.2 cm³/mol. The molecule has 56 valence electrons. The van der Waals surface area contributed by atoms with Gasteiger partial charge in [-0.25, -0.2) is 0 Å². The van der Waals surface area contributed by atoms with Gasteiger partial charge in [-0.15, -0.1) is 0 Å². The standard InChI is InChI=1S/C6H17NOSi/c1-8-5-7-6-9(2,3)4/h7H,5-6H2,1-4H3. The topological polar surface area (TPSA) is 21.3 Å². The summed E-state index contributed by atoms with van der Waals surface area (Å²) in [5, 5.41) is 3.21. The van der Waals surface area contributed by atoms with Gasteiger partial charge in [-0.2, -0.15) is 0 Å². The second-order valence-electron chi connectivity index (χ2n) is 3.42. The molecule has 1 N–H and O–H groups in total. The first-order valence-corrected chi connectivity index (χ1v) is 6.96. The molecule has 0 spiro atoms. The Kier molecular flexibility index (Phi) is 4.09. The molecule has 9 heavy (non-hydrogen) atoms. The maximum Gasteiger partial charge on any atom is 0.0958 e. The monoisotopic (exact) mass is 147 g/mol. The van der Waals surface area contributed by atoms with Crippen molar-refractivity contribution in [3.05, 3.63) is 0 Å². The maximum atomic E-state index is 4.85. The molecule has 0 aliphatic heterocycles. The first-order chi connectivity index (χ1) is 4.06. The lowest BCUT2D eigenvalue weighted by Crippen LogP contribution is -2.37. The Morgan fingerprint density at radius 3 is 2.22 bits per heavy atom. The van der Waals surface area contributed by atoms with E-state index in [2.05, 4.69) is 25.0 Å². The van der Waals surface area contributed by atoms with Crippen molar-refractivity contribution in [3.8, 4) is 0 Å². The highest BCUT2D eigenvalue weighted by Crippen LogP contribution is 1.95. The van der Waals surface area contributed by atoms with Gasteiger partial charge in [0.05, 0.1) is 14.8 Å². The zero-order valence-electron chi connectivity index (χ0n) is 6.82. The van der Waals surface area contributed by atoms with Crippen molar-refractivity contribution in [2.75, 3.05) is 20.0 Å². The summed E-state index contributed by atoms with van der Waals surface area (Å²) < 4.78 is 4.85. The van der Waals surface area contributed by atoms with Crippen LogP contribution in [-0.2, 0) is 4.74 Å². The molecule has 0 atom stereocenters. The lowest BCUT2D eigenvalue weighted by molar-refractivity contribution is 0.180. The molecule has 0 saturated carbocycles. The van der Waals surface area contributed by atoms with E-state index in [1.807, 2.05) is 0 Å². The molecule has 0 aromatic heterocycles. The van der Waals surface area contributed by atoms with E-state index < -0.39 is 8.07 Å². The van der Waals surface area contributed by atoms with Crippen LogP contribution in [0.5, 0.6) is 0 Å². The highest BCUT2D eigenvalue weighted by atomic mass is 28.3. The Balaban J connectivity index is 3.07. The van der Waals surface area contributed by atoms with E-state index in [0.717, 1.165) is 6.17 Å². The van der Waals surface area contributed by atoms with Crippen LogP contribution in [0.4, 0.5) is 0 Å². The normalized spacial score (nSPS) is 12.0. The van der Waals surface area contributed by atoms with Crippen LogP contribution in [0.3, 0.4) is 0 Å². The summed E-state index contributed by atoms with van der Waals surface area (Å²) in [4.78, 5) is 0. The van der Waals surface area contributed by atoms with Crippen LogP contribution in [-0.4, -0.2) is 28.1 Å². The van der Waals surface area contributed by atoms with Gasteiger partial charge in [0.25, 0.3) is 0 Å². The zero-order valence-corrected chi connectivity index (χ0v) is 7.82. The second-order valence-corrected chi connectivity index (χ2v) is 8.90. The van der Waals surface area contributed by atoms with Gasteiger partial charge in [-0.05, 0) is 6.17 Å². The van der Waals surface area contributed by atoms with E-state index in [-0.39, 0.29) is 0 Å². The molecule has 0 radical (unpaired) electrons. The summed E-state index contributed by atoms with van der Waals surface area (Å²) in [6.07, 6.45) is 1.14. The summed E-state index contributed by atoms with van der Waals surface area (Å²) in [6, 6.07) is 0. The van der Waals surface area contributed by atoms with Gasteiger partial charge in [-0.1, -0.05) is 19.6 Å². The lowest BCUT2D eigenvalue weighted by atomic mass is 11.1. The number of methoxy groups -OCH3 is 1. The molecule has 0 bridgehead atoms. The van der Waals surface area contributed by atoms with Gasteiger partial charge in [0.1, 0.15) is 0 Å². The molecule has 0 aromatic rings. The fraction of sp³-hybridized carbons (Fsp3) is 1.00. The van der Waals surface area contributed by atoms with Gasteiger partial charge >= 0.3 is 0 Å². The van der Waals surface area contributed by atoms with Gasteiger partial charge in [0, 0.05) is 7.11 Å². The van der Waals surface area contributed by atoms with Crippen molar-refractivity contribution in [1.29, 1.82) is 0 Å². The molecule has 0 heterocycles. The third-order valence-corrected chi connectivity index (χ3v) is 2.21.